The molecular weight excluding hydrogens is 395 g/mol. The summed E-state index contributed by atoms with van der Waals surface area (Å²) in [6.07, 6.45) is 0.0579. The molecule has 2 aliphatic heterocycles. The maximum atomic E-state index is 13.0. The molecule has 1 aromatic rings. The molecule has 0 saturated carbocycles. The molecule has 7 nitrogen and oxygen atoms in total. The lowest BCUT2D eigenvalue weighted by molar-refractivity contribution is -0.138. The predicted octanol–water partition coefficient (Wildman–Crippen LogP) is 1.33. The third kappa shape index (κ3) is 5.07. The molecule has 1 amide bonds. The summed E-state index contributed by atoms with van der Waals surface area (Å²) < 4.78 is 37.0. The minimum Gasteiger partial charge on any atom is -0.481 e. The summed E-state index contributed by atoms with van der Waals surface area (Å²) in [6.45, 7) is 0.445. The molecule has 0 aromatic heterocycles. The van der Waals surface area contributed by atoms with Gasteiger partial charge in [0.05, 0.1) is 24.0 Å². The van der Waals surface area contributed by atoms with Crippen molar-refractivity contribution in [1.29, 1.82) is 0 Å². The van der Waals surface area contributed by atoms with Crippen molar-refractivity contribution in [2.45, 2.75) is 30.6 Å². The number of amidine groups is 1. The molecule has 0 radical (unpaired) electrons. The van der Waals surface area contributed by atoms with Crippen molar-refractivity contribution in [1.82, 2.24) is 4.90 Å². The lowest BCUT2D eigenvalue weighted by Gasteiger charge is -2.24. The number of carboxylic acid groups (broad SMARTS) is 1. The number of fused-ring (bicyclic) bond motifs is 1. The number of aliphatic carboxylic acids is 1. The topological polar surface area (TPSA) is 104 Å². The van der Waals surface area contributed by atoms with E-state index < -0.39 is 21.7 Å². The fourth-order valence-electron chi connectivity index (χ4n) is 3.17. The first kappa shape index (κ1) is 19.8. The molecule has 27 heavy (non-hydrogen) atoms. The van der Waals surface area contributed by atoms with Crippen LogP contribution in [0.25, 0.3) is 0 Å². The number of sulfone groups is 1. The van der Waals surface area contributed by atoms with Gasteiger partial charge in [-0.15, -0.1) is 0 Å². The average Bonchev–Trinajstić information content (AvgIpc) is 3.04. The van der Waals surface area contributed by atoms with E-state index in [0.717, 1.165) is 5.56 Å². The fraction of sp³-hybridized carbons (Fsp3) is 0.471. The number of rotatable bonds is 6. The van der Waals surface area contributed by atoms with E-state index in [4.69, 9.17) is 5.11 Å². The first-order chi connectivity index (χ1) is 12.7. The molecule has 10 heteroatoms. The van der Waals surface area contributed by atoms with Crippen molar-refractivity contribution in [3.05, 3.63) is 35.6 Å². The lowest BCUT2D eigenvalue weighted by Crippen LogP contribution is -2.39. The van der Waals surface area contributed by atoms with Gasteiger partial charge in [-0.2, -0.15) is 4.99 Å². The van der Waals surface area contributed by atoms with Gasteiger partial charge < -0.3 is 10.0 Å². The van der Waals surface area contributed by atoms with Crippen molar-refractivity contribution < 1.29 is 27.5 Å². The molecule has 2 unspecified atom stereocenters. The van der Waals surface area contributed by atoms with Crippen LogP contribution in [-0.4, -0.2) is 64.8 Å². The SMILES string of the molecule is O=C(O)CCC(=O)N=C1SC2CS(=O)(=O)CC2N1CCc1ccc(F)cc1. The highest BCUT2D eigenvalue weighted by Crippen LogP contribution is 2.38. The number of hydrogen-bond donors (Lipinski definition) is 1. The van der Waals surface area contributed by atoms with Gasteiger partial charge in [-0.05, 0) is 24.1 Å². The van der Waals surface area contributed by atoms with Gasteiger partial charge >= 0.3 is 5.97 Å². The molecule has 1 aromatic carbocycles. The number of benzene rings is 1. The first-order valence-electron chi connectivity index (χ1n) is 8.45. The van der Waals surface area contributed by atoms with Gasteiger partial charge in [0.25, 0.3) is 0 Å². The summed E-state index contributed by atoms with van der Waals surface area (Å²) in [7, 11) is -3.13. The van der Waals surface area contributed by atoms with Crippen molar-refractivity contribution in [3.63, 3.8) is 0 Å². The lowest BCUT2D eigenvalue weighted by atomic mass is 10.1. The third-order valence-electron chi connectivity index (χ3n) is 4.50. The molecule has 0 bridgehead atoms. The Morgan fingerprint density at radius 1 is 1.22 bits per heavy atom. The van der Waals surface area contributed by atoms with Crippen LogP contribution in [0.1, 0.15) is 18.4 Å². The van der Waals surface area contributed by atoms with Gasteiger partial charge in [0, 0.05) is 18.2 Å². The Balaban J connectivity index is 1.74. The van der Waals surface area contributed by atoms with Crippen LogP contribution in [0.15, 0.2) is 29.3 Å². The van der Waals surface area contributed by atoms with Crippen LogP contribution in [0.5, 0.6) is 0 Å². The summed E-state index contributed by atoms with van der Waals surface area (Å²) in [5, 5.41) is 8.94. The van der Waals surface area contributed by atoms with Crippen LogP contribution in [-0.2, 0) is 25.8 Å². The number of amides is 1. The summed E-state index contributed by atoms with van der Waals surface area (Å²) in [5.41, 5.74) is 0.891. The van der Waals surface area contributed by atoms with E-state index >= 15 is 0 Å². The summed E-state index contributed by atoms with van der Waals surface area (Å²) in [5.74, 6) is -1.88. The Morgan fingerprint density at radius 2 is 1.93 bits per heavy atom. The maximum Gasteiger partial charge on any atom is 0.303 e. The number of aliphatic imine (C=N–C) groups is 1. The number of halogens is 1. The van der Waals surface area contributed by atoms with Crippen molar-refractivity contribution in [3.8, 4) is 0 Å². The molecule has 1 N–H and O–H groups in total. The minimum absolute atomic E-state index is 0.0103. The molecule has 2 saturated heterocycles. The van der Waals surface area contributed by atoms with Crippen LogP contribution >= 0.6 is 11.8 Å². The molecule has 2 atom stereocenters. The molecule has 2 aliphatic rings. The van der Waals surface area contributed by atoms with Gasteiger partial charge in [0.1, 0.15) is 5.82 Å². The molecule has 0 aliphatic carbocycles. The Morgan fingerprint density at radius 3 is 2.59 bits per heavy atom. The molecular formula is C17H19FN2O5S2. The van der Waals surface area contributed by atoms with E-state index in [9.17, 15) is 22.4 Å². The Hall–Kier alpha value is -1.94. The third-order valence-corrected chi connectivity index (χ3v) is 7.75. The maximum absolute atomic E-state index is 13.0. The zero-order valence-electron chi connectivity index (χ0n) is 14.4. The van der Waals surface area contributed by atoms with Crippen LogP contribution in [0.4, 0.5) is 4.39 Å². The second kappa shape index (κ2) is 7.97. The number of hydrogen-bond acceptors (Lipinski definition) is 5. The second-order valence-corrected chi connectivity index (χ2v) is 9.91. The number of carbonyl (C=O) groups is 2. The number of thioether (sulfide) groups is 1. The highest BCUT2D eigenvalue weighted by Gasteiger charge is 2.48. The largest absolute Gasteiger partial charge is 0.481 e. The second-order valence-electron chi connectivity index (χ2n) is 6.55. The number of nitrogens with zero attached hydrogens (tertiary/aromatic N) is 2. The van der Waals surface area contributed by atoms with Crippen molar-refractivity contribution >= 4 is 38.6 Å². The quantitative estimate of drug-likeness (QED) is 0.749. The van der Waals surface area contributed by atoms with E-state index in [1.54, 1.807) is 12.1 Å². The standard InChI is InChI=1S/C17H19FN2O5S2/c18-12-3-1-11(2-4-12)7-8-20-13-9-27(24,25)10-14(13)26-17(20)19-15(21)5-6-16(22)23/h1-4,13-14H,5-10H2,(H,22,23). The van der Waals surface area contributed by atoms with Crippen LogP contribution in [0, 0.1) is 5.82 Å². The van der Waals surface area contributed by atoms with Gasteiger partial charge in [0.15, 0.2) is 15.0 Å². The monoisotopic (exact) mass is 414 g/mol. The predicted molar refractivity (Wildman–Crippen MR) is 99.9 cm³/mol. The van der Waals surface area contributed by atoms with Crippen molar-refractivity contribution in [2.75, 3.05) is 18.1 Å². The van der Waals surface area contributed by atoms with Gasteiger partial charge in [-0.3, -0.25) is 9.59 Å². The summed E-state index contributed by atoms with van der Waals surface area (Å²) in [6, 6.07) is 5.79. The summed E-state index contributed by atoms with van der Waals surface area (Å²) in [4.78, 5) is 28.4. The van der Waals surface area contributed by atoms with E-state index in [2.05, 4.69) is 4.99 Å². The van der Waals surface area contributed by atoms with E-state index in [1.807, 2.05) is 4.90 Å². The van der Waals surface area contributed by atoms with Crippen LogP contribution in [0.2, 0.25) is 0 Å². The zero-order chi connectivity index (χ0) is 19.6. The van der Waals surface area contributed by atoms with Gasteiger partial charge in [-0.25, -0.2) is 12.8 Å². The molecule has 2 heterocycles. The Labute approximate surface area is 160 Å². The summed E-state index contributed by atoms with van der Waals surface area (Å²) >= 11 is 1.26. The Bertz CT molecular complexity index is 870. The molecule has 146 valence electrons. The smallest absolute Gasteiger partial charge is 0.303 e. The van der Waals surface area contributed by atoms with E-state index in [0.29, 0.717) is 18.1 Å². The molecule has 2 fully saturated rings. The number of carboxylic acids is 1. The minimum atomic E-state index is -3.13. The zero-order valence-corrected chi connectivity index (χ0v) is 16.0. The van der Waals surface area contributed by atoms with Crippen LogP contribution in [0.3, 0.4) is 0 Å². The first-order valence-corrected chi connectivity index (χ1v) is 11.1. The normalized spacial score (nSPS) is 24.9. The highest BCUT2D eigenvalue weighted by molar-refractivity contribution is 8.15. The van der Waals surface area contributed by atoms with Gasteiger partial charge in [-0.1, -0.05) is 23.9 Å². The van der Waals surface area contributed by atoms with Gasteiger partial charge in [0.2, 0.25) is 5.91 Å². The van der Waals surface area contributed by atoms with Crippen molar-refractivity contribution in [2.24, 2.45) is 4.99 Å². The van der Waals surface area contributed by atoms with E-state index in [-0.39, 0.29) is 41.5 Å². The fourth-order valence-corrected chi connectivity index (χ4v) is 7.17. The molecule has 0 spiro atoms. The number of carbonyl (C=O) groups excluding carboxylic acids is 1. The highest BCUT2D eigenvalue weighted by atomic mass is 32.2. The molecule has 3 rings (SSSR count). The average molecular weight is 414 g/mol. The van der Waals surface area contributed by atoms with E-state index in [1.165, 1.54) is 23.9 Å². The van der Waals surface area contributed by atoms with Crippen LogP contribution < -0.4 is 0 Å². The Kier molecular flexibility index (Phi) is 5.85.